The summed E-state index contributed by atoms with van der Waals surface area (Å²) in [5.41, 5.74) is 1.92. The number of rotatable bonds is 7. The van der Waals surface area contributed by atoms with Gasteiger partial charge in [-0.15, -0.1) is 0 Å². The number of nitrogens with two attached hydrogens (primary N) is 1. The normalized spacial score (nSPS) is 11.1. The van der Waals surface area contributed by atoms with Crippen LogP contribution in [0.3, 0.4) is 0 Å². The molecular formula is C18H19N5O2S. The van der Waals surface area contributed by atoms with Crippen molar-refractivity contribution in [1.82, 2.24) is 9.97 Å². The molecule has 7 nitrogen and oxygen atoms in total. The average molecular weight is 369 g/mol. The number of nitrogens with zero attached hydrogens (tertiary/aromatic N) is 2. The highest BCUT2D eigenvalue weighted by Crippen LogP contribution is 2.16. The summed E-state index contributed by atoms with van der Waals surface area (Å²) in [4.78, 5) is 8.62. The summed E-state index contributed by atoms with van der Waals surface area (Å²) in [5.74, 6) is 1.12. The lowest BCUT2D eigenvalue weighted by Crippen LogP contribution is -2.11. The molecule has 0 aliphatic carbocycles. The molecule has 0 unspecified atom stereocenters. The Morgan fingerprint density at radius 2 is 1.69 bits per heavy atom. The van der Waals surface area contributed by atoms with E-state index in [4.69, 9.17) is 5.14 Å². The maximum atomic E-state index is 11.3. The minimum absolute atomic E-state index is 0.0558. The maximum absolute atomic E-state index is 11.3. The van der Waals surface area contributed by atoms with E-state index in [2.05, 4.69) is 32.7 Å². The van der Waals surface area contributed by atoms with Crippen LogP contribution in [0.4, 0.5) is 17.5 Å². The number of nitrogens with one attached hydrogen (secondary N) is 2. The van der Waals surface area contributed by atoms with Crippen LogP contribution in [0, 0.1) is 0 Å². The Kier molecular flexibility index (Phi) is 5.45. The summed E-state index contributed by atoms with van der Waals surface area (Å²) >= 11 is 0. The smallest absolute Gasteiger partial charge is 0.238 e. The Bertz CT molecular complexity index is 960. The first-order chi connectivity index (χ1) is 12.5. The van der Waals surface area contributed by atoms with Gasteiger partial charge in [-0.3, -0.25) is 0 Å². The van der Waals surface area contributed by atoms with Crippen LogP contribution >= 0.6 is 0 Å². The molecule has 0 atom stereocenters. The fourth-order valence-electron chi connectivity index (χ4n) is 2.35. The third-order valence-corrected chi connectivity index (χ3v) is 4.59. The molecule has 26 heavy (non-hydrogen) atoms. The summed E-state index contributed by atoms with van der Waals surface area (Å²) in [5, 5.41) is 11.4. The van der Waals surface area contributed by atoms with Gasteiger partial charge in [0.25, 0.3) is 0 Å². The summed E-state index contributed by atoms with van der Waals surface area (Å²) in [6.07, 6.45) is 2.54. The second-order valence-corrected chi connectivity index (χ2v) is 7.18. The van der Waals surface area contributed by atoms with Crippen molar-refractivity contribution < 1.29 is 8.42 Å². The summed E-state index contributed by atoms with van der Waals surface area (Å²) in [6, 6.07) is 18.1. The molecule has 134 valence electrons. The van der Waals surface area contributed by atoms with Crippen molar-refractivity contribution in [2.75, 3.05) is 17.2 Å². The third kappa shape index (κ3) is 5.01. The number of benzene rings is 2. The number of aromatic nitrogens is 2. The van der Waals surface area contributed by atoms with E-state index < -0.39 is 10.0 Å². The van der Waals surface area contributed by atoms with E-state index in [1.165, 1.54) is 17.7 Å². The first-order valence-electron chi connectivity index (χ1n) is 8.01. The van der Waals surface area contributed by atoms with Crippen molar-refractivity contribution >= 4 is 27.5 Å². The first kappa shape index (κ1) is 17.8. The molecule has 4 N–H and O–H groups in total. The van der Waals surface area contributed by atoms with Gasteiger partial charge in [0.05, 0.1) is 4.90 Å². The van der Waals surface area contributed by atoms with Crippen molar-refractivity contribution in [3.05, 3.63) is 72.4 Å². The molecule has 0 aliphatic rings. The molecule has 0 aliphatic heterocycles. The molecule has 1 heterocycles. The fourth-order valence-corrected chi connectivity index (χ4v) is 2.87. The standard InChI is InChI=1S/C18H19N5O2S/c19-26(24,25)16-8-6-15(7-9-16)22-18-21-13-11-17(23-18)20-12-10-14-4-2-1-3-5-14/h1-9,11,13H,10,12H2,(H2,19,24,25)(H2,20,21,22,23). The Morgan fingerprint density at radius 3 is 2.38 bits per heavy atom. The van der Waals surface area contributed by atoms with Gasteiger partial charge in [-0.05, 0) is 42.3 Å². The van der Waals surface area contributed by atoms with E-state index >= 15 is 0 Å². The van der Waals surface area contributed by atoms with Gasteiger partial charge >= 0.3 is 0 Å². The van der Waals surface area contributed by atoms with Crippen LogP contribution in [0.2, 0.25) is 0 Å². The summed E-state index contributed by atoms with van der Waals surface area (Å²) in [7, 11) is -3.70. The van der Waals surface area contributed by atoms with E-state index in [-0.39, 0.29) is 4.90 Å². The molecule has 8 heteroatoms. The number of primary sulfonamides is 1. The lowest BCUT2D eigenvalue weighted by atomic mass is 10.1. The molecule has 0 saturated heterocycles. The Morgan fingerprint density at radius 1 is 0.962 bits per heavy atom. The number of sulfonamides is 1. The molecular weight excluding hydrogens is 350 g/mol. The van der Waals surface area contributed by atoms with E-state index in [1.807, 2.05) is 18.2 Å². The van der Waals surface area contributed by atoms with Gasteiger partial charge in [-0.1, -0.05) is 30.3 Å². The zero-order valence-electron chi connectivity index (χ0n) is 14.0. The first-order valence-corrected chi connectivity index (χ1v) is 9.56. The summed E-state index contributed by atoms with van der Waals surface area (Å²) in [6.45, 7) is 0.753. The van der Waals surface area contributed by atoms with Gasteiger partial charge in [0.15, 0.2) is 0 Å². The predicted molar refractivity (Wildman–Crippen MR) is 102 cm³/mol. The minimum Gasteiger partial charge on any atom is -0.370 e. The van der Waals surface area contributed by atoms with Crippen LogP contribution < -0.4 is 15.8 Å². The SMILES string of the molecule is NS(=O)(=O)c1ccc(Nc2nccc(NCCc3ccccc3)n2)cc1. The molecule has 0 spiro atoms. The maximum Gasteiger partial charge on any atom is 0.238 e. The van der Waals surface area contributed by atoms with E-state index in [1.54, 1.807) is 24.4 Å². The minimum atomic E-state index is -3.70. The van der Waals surface area contributed by atoms with Gasteiger partial charge in [0.1, 0.15) is 5.82 Å². The number of hydrogen-bond donors (Lipinski definition) is 3. The summed E-state index contributed by atoms with van der Waals surface area (Å²) < 4.78 is 22.5. The molecule has 0 saturated carbocycles. The molecule has 0 fully saturated rings. The lowest BCUT2D eigenvalue weighted by molar-refractivity contribution is 0.598. The number of hydrogen-bond acceptors (Lipinski definition) is 6. The zero-order chi connectivity index (χ0) is 18.4. The Labute approximate surface area is 152 Å². The quantitative estimate of drug-likeness (QED) is 0.590. The van der Waals surface area contributed by atoms with Crippen LogP contribution in [0.5, 0.6) is 0 Å². The predicted octanol–water partition coefficient (Wildman–Crippen LogP) is 2.52. The highest BCUT2D eigenvalue weighted by atomic mass is 32.2. The fraction of sp³-hybridized carbons (Fsp3) is 0.111. The molecule has 3 rings (SSSR count). The van der Waals surface area contributed by atoms with Crippen molar-refractivity contribution in [1.29, 1.82) is 0 Å². The average Bonchev–Trinajstić information content (AvgIpc) is 2.63. The molecule has 1 aromatic heterocycles. The van der Waals surface area contributed by atoms with E-state index in [0.29, 0.717) is 17.5 Å². The van der Waals surface area contributed by atoms with Gasteiger partial charge in [-0.2, -0.15) is 4.98 Å². The van der Waals surface area contributed by atoms with Crippen molar-refractivity contribution in [3.8, 4) is 0 Å². The molecule has 0 amide bonds. The Hall–Kier alpha value is -2.97. The van der Waals surface area contributed by atoms with Crippen LogP contribution in [0.15, 0.2) is 71.8 Å². The van der Waals surface area contributed by atoms with Gasteiger partial charge in [0, 0.05) is 18.4 Å². The van der Waals surface area contributed by atoms with Crippen molar-refractivity contribution in [3.63, 3.8) is 0 Å². The van der Waals surface area contributed by atoms with Crippen LogP contribution in [0.25, 0.3) is 0 Å². The molecule has 2 aromatic carbocycles. The van der Waals surface area contributed by atoms with Crippen molar-refractivity contribution in [2.45, 2.75) is 11.3 Å². The molecule has 0 bridgehead atoms. The molecule has 0 radical (unpaired) electrons. The largest absolute Gasteiger partial charge is 0.370 e. The van der Waals surface area contributed by atoms with E-state index in [0.717, 1.165) is 13.0 Å². The lowest BCUT2D eigenvalue weighted by Gasteiger charge is -2.09. The molecule has 3 aromatic rings. The van der Waals surface area contributed by atoms with E-state index in [9.17, 15) is 8.42 Å². The van der Waals surface area contributed by atoms with Gasteiger partial charge in [-0.25, -0.2) is 18.5 Å². The highest BCUT2D eigenvalue weighted by Gasteiger charge is 2.07. The highest BCUT2D eigenvalue weighted by molar-refractivity contribution is 7.89. The van der Waals surface area contributed by atoms with Crippen LogP contribution in [0.1, 0.15) is 5.56 Å². The van der Waals surface area contributed by atoms with Crippen molar-refractivity contribution in [2.24, 2.45) is 5.14 Å². The number of anilines is 3. The van der Waals surface area contributed by atoms with Gasteiger partial charge < -0.3 is 10.6 Å². The van der Waals surface area contributed by atoms with Crippen LogP contribution in [-0.2, 0) is 16.4 Å². The van der Waals surface area contributed by atoms with Gasteiger partial charge in [0.2, 0.25) is 16.0 Å². The van der Waals surface area contributed by atoms with Crippen LogP contribution in [-0.4, -0.2) is 24.9 Å². The topological polar surface area (TPSA) is 110 Å². The monoisotopic (exact) mass is 369 g/mol. The second-order valence-electron chi connectivity index (χ2n) is 5.62. The second kappa shape index (κ2) is 7.94. The third-order valence-electron chi connectivity index (χ3n) is 3.66. The Balaban J connectivity index is 1.60. The zero-order valence-corrected chi connectivity index (χ0v) is 14.8.